The summed E-state index contributed by atoms with van der Waals surface area (Å²) in [5.41, 5.74) is 6.41. The number of phenols is 1. The lowest BCUT2D eigenvalue weighted by molar-refractivity contribution is -0.141. The molecule has 0 heterocycles. The quantitative estimate of drug-likeness (QED) is 0.551. The van der Waals surface area contributed by atoms with Crippen LogP contribution in [0.4, 0.5) is 0 Å². The van der Waals surface area contributed by atoms with E-state index < -0.39 is 6.04 Å². The number of hydrogen-bond acceptors (Lipinski definition) is 4. The van der Waals surface area contributed by atoms with Gasteiger partial charge in [0.2, 0.25) is 0 Å². The summed E-state index contributed by atoms with van der Waals surface area (Å²) >= 11 is 4.16. The van der Waals surface area contributed by atoms with Gasteiger partial charge in [-0.2, -0.15) is 0 Å². The number of halogens is 2. The molecule has 0 amide bonds. The minimum absolute atomic E-state index is 0.0558. The molecule has 0 aliphatic rings. The number of rotatable bonds is 3. The van der Waals surface area contributed by atoms with Gasteiger partial charge in [0.15, 0.2) is 0 Å². The summed E-state index contributed by atoms with van der Waals surface area (Å²) in [6, 6.07) is 3.06. The van der Waals surface area contributed by atoms with Crippen LogP contribution in [0.25, 0.3) is 0 Å². The molecule has 1 atom stereocenters. The highest BCUT2D eigenvalue weighted by Gasteiger charge is 2.17. The molecular formula is C10H11I2NO3. The Labute approximate surface area is 121 Å². The molecule has 0 aliphatic heterocycles. The fourth-order valence-corrected chi connectivity index (χ4v) is 3.13. The van der Waals surface area contributed by atoms with Crippen LogP contribution in [-0.2, 0) is 9.53 Å². The Hall–Kier alpha value is -0.0900. The van der Waals surface area contributed by atoms with E-state index in [1.165, 1.54) is 7.11 Å². The van der Waals surface area contributed by atoms with Crippen LogP contribution in [0, 0.1) is 7.14 Å². The standard InChI is InChI=1S/C10H11I2NO3/c1-16-9(14)4-8(13)6-2-5(11)3-7(12)10(6)15/h2-3,8,15H,4,13H2,1H3/t8-/m0/s1. The Balaban J connectivity index is 2.99. The van der Waals surface area contributed by atoms with Crippen molar-refractivity contribution in [3.63, 3.8) is 0 Å². The minimum Gasteiger partial charge on any atom is -0.506 e. The molecule has 0 fully saturated rings. The van der Waals surface area contributed by atoms with Crippen molar-refractivity contribution in [2.75, 3.05) is 7.11 Å². The summed E-state index contributed by atoms with van der Waals surface area (Å²) in [6.45, 7) is 0. The van der Waals surface area contributed by atoms with E-state index in [4.69, 9.17) is 5.73 Å². The smallest absolute Gasteiger partial charge is 0.307 e. The number of esters is 1. The molecule has 1 aromatic carbocycles. The highest BCUT2D eigenvalue weighted by molar-refractivity contribution is 14.1. The molecule has 0 bridgehead atoms. The van der Waals surface area contributed by atoms with Gasteiger partial charge < -0.3 is 15.6 Å². The fourth-order valence-electron chi connectivity index (χ4n) is 1.24. The minimum atomic E-state index is -0.546. The first kappa shape index (κ1) is 14.0. The number of phenolic OH excluding ortho intramolecular Hbond substituents is 1. The maximum Gasteiger partial charge on any atom is 0.307 e. The van der Waals surface area contributed by atoms with Crippen molar-refractivity contribution in [2.45, 2.75) is 12.5 Å². The number of ether oxygens (including phenoxy) is 1. The summed E-state index contributed by atoms with van der Waals surface area (Å²) in [7, 11) is 1.31. The maximum atomic E-state index is 11.1. The van der Waals surface area contributed by atoms with E-state index in [2.05, 4.69) is 27.3 Å². The van der Waals surface area contributed by atoms with E-state index in [0.29, 0.717) is 5.56 Å². The molecule has 88 valence electrons. The SMILES string of the molecule is COC(=O)C[C@H](N)c1cc(I)cc(I)c1O. The number of hydrogen-bond donors (Lipinski definition) is 2. The van der Waals surface area contributed by atoms with Gasteiger partial charge in [-0.05, 0) is 57.3 Å². The van der Waals surface area contributed by atoms with Gasteiger partial charge in [0.1, 0.15) is 5.75 Å². The molecule has 0 aromatic heterocycles. The Kier molecular flexibility index (Phi) is 5.25. The van der Waals surface area contributed by atoms with Crippen LogP contribution in [0.15, 0.2) is 12.1 Å². The van der Waals surface area contributed by atoms with Crippen LogP contribution >= 0.6 is 45.2 Å². The third-order valence-electron chi connectivity index (χ3n) is 2.07. The molecule has 16 heavy (non-hydrogen) atoms. The van der Waals surface area contributed by atoms with Crippen molar-refractivity contribution in [1.29, 1.82) is 0 Å². The first-order chi connectivity index (χ1) is 7.45. The van der Waals surface area contributed by atoms with Gasteiger partial charge in [-0.3, -0.25) is 4.79 Å². The molecule has 0 spiro atoms. The first-order valence-electron chi connectivity index (χ1n) is 4.46. The average Bonchev–Trinajstić information content (AvgIpc) is 2.22. The third-order valence-corrected chi connectivity index (χ3v) is 3.52. The molecule has 0 saturated heterocycles. The van der Waals surface area contributed by atoms with Gasteiger partial charge in [0.05, 0.1) is 17.1 Å². The van der Waals surface area contributed by atoms with Crippen LogP contribution in [0.2, 0.25) is 0 Å². The van der Waals surface area contributed by atoms with Crippen LogP contribution in [-0.4, -0.2) is 18.2 Å². The van der Waals surface area contributed by atoms with Crippen LogP contribution in [0.5, 0.6) is 5.75 Å². The second-order valence-corrected chi connectivity index (χ2v) is 5.62. The largest absolute Gasteiger partial charge is 0.506 e. The second kappa shape index (κ2) is 6.01. The highest BCUT2D eigenvalue weighted by atomic mass is 127. The summed E-state index contributed by atoms with van der Waals surface area (Å²) < 4.78 is 6.23. The van der Waals surface area contributed by atoms with Crippen LogP contribution < -0.4 is 5.73 Å². The molecule has 1 rings (SSSR count). The third kappa shape index (κ3) is 3.45. The van der Waals surface area contributed by atoms with E-state index in [1.807, 2.05) is 28.7 Å². The molecular weight excluding hydrogens is 436 g/mol. The Morgan fingerprint density at radius 2 is 2.19 bits per heavy atom. The lowest BCUT2D eigenvalue weighted by Crippen LogP contribution is -2.16. The number of aromatic hydroxyl groups is 1. The van der Waals surface area contributed by atoms with E-state index in [0.717, 1.165) is 7.14 Å². The van der Waals surface area contributed by atoms with Crippen molar-refractivity contribution < 1.29 is 14.6 Å². The Morgan fingerprint density at radius 3 is 2.75 bits per heavy atom. The van der Waals surface area contributed by atoms with E-state index in [-0.39, 0.29) is 18.1 Å². The van der Waals surface area contributed by atoms with Gasteiger partial charge in [-0.1, -0.05) is 0 Å². The Morgan fingerprint density at radius 1 is 1.56 bits per heavy atom. The van der Waals surface area contributed by atoms with Crippen molar-refractivity contribution in [3.05, 3.63) is 24.8 Å². The lowest BCUT2D eigenvalue weighted by atomic mass is 10.0. The summed E-state index contributed by atoms with van der Waals surface area (Å²) in [6.07, 6.45) is 0.0558. The van der Waals surface area contributed by atoms with Crippen molar-refractivity contribution in [1.82, 2.24) is 0 Å². The predicted molar refractivity (Wildman–Crippen MR) is 77.1 cm³/mol. The molecule has 0 saturated carbocycles. The van der Waals surface area contributed by atoms with Gasteiger partial charge in [-0.25, -0.2) is 0 Å². The predicted octanol–water partition coefficient (Wildman–Crippen LogP) is 2.16. The van der Waals surface area contributed by atoms with Crippen LogP contribution in [0.1, 0.15) is 18.0 Å². The maximum absolute atomic E-state index is 11.1. The molecule has 6 heteroatoms. The van der Waals surface area contributed by atoms with Gasteiger partial charge in [0, 0.05) is 15.2 Å². The summed E-state index contributed by atoms with van der Waals surface area (Å²) in [5, 5.41) is 9.84. The number of benzene rings is 1. The highest BCUT2D eigenvalue weighted by Crippen LogP contribution is 2.31. The molecule has 4 nitrogen and oxygen atoms in total. The van der Waals surface area contributed by atoms with E-state index >= 15 is 0 Å². The average molecular weight is 447 g/mol. The van der Waals surface area contributed by atoms with E-state index in [1.54, 1.807) is 6.07 Å². The number of carbonyl (C=O) groups is 1. The zero-order chi connectivity index (χ0) is 12.3. The number of nitrogens with two attached hydrogens (primary N) is 1. The Bertz CT molecular complexity index is 409. The summed E-state index contributed by atoms with van der Waals surface area (Å²) in [5.74, 6) is -0.252. The first-order valence-corrected chi connectivity index (χ1v) is 6.61. The summed E-state index contributed by atoms with van der Waals surface area (Å²) in [4.78, 5) is 11.1. The molecule has 0 aliphatic carbocycles. The van der Waals surface area contributed by atoms with Crippen molar-refractivity contribution in [3.8, 4) is 5.75 Å². The zero-order valence-corrected chi connectivity index (χ0v) is 12.9. The monoisotopic (exact) mass is 447 g/mol. The zero-order valence-electron chi connectivity index (χ0n) is 8.54. The van der Waals surface area contributed by atoms with Gasteiger partial charge >= 0.3 is 5.97 Å². The molecule has 0 radical (unpaired) electrons. The molecule has 1 aromatic rings. The van der Waals surface area contributed by atoms with Crippen molar-refractivity contribution >= 4 is 51.2 Å². The van der Waals surface area contributed by atoms with Crippen molar-refractivity contribution in [2.24, 2.45) is 5.73 Å². The topological polar surface area (TPSA) is 72.5 Å². The normalized spacial score (nSPS) is 12.2. The molecule has 0 unspecified atom stereocenters. The van der Waals surface area contributed by atoms with Gasteiger partial charge in [-0.15, -0.1) is 0 Å². The molecule has 3 N–H and O–H groups in total. The second-order valence-electron chi connectivity index (χ2n) is 3.21. The van der Waals surface area contributed by atoms with E-state index in [9.17, 15) is 9.90 Å². The number of methoxy groups -OCH3 is 1. The number of carbonyl (C=O) groups excluding carboxylic acids is 1. The fraction of sp³-hybridized carbons (Fsp3) is 0.300. The van der Waals surface area contributed by atoms with Crippen LogP contribution in [0.3, 0.4) is 0 Å². The van der Waals surface area contributed by atoms with Gasteiger partial charge in [0.25, 0.3) is 0 Å². The lowest BCUT2D eigenvalue weighted by Gasteiger charge is -2.14.